The molecule has 29 heavy (non-hydrogen) atoms. The van der Waals surface area contributed by atoms with Crippen LogP contribution in [0, 0.1) is 0 Å². The molecular weight excluding hydrogens is 368 g/mol. The molecule has 6 heteroatoms. The highest BCUT2D eigenvalue weighted by Gasteiger charge is 2.19. The molecule has 0 fully saturated rings. The van der Waals surface area contributed by atoms with E-state index < -0.39 is 0 Å². The molecule has 2 aliphatic rings. The summed E-state index contributed by atoms with van der Waals surface area (Å²) < 4.78 is 0. The van der Waals surface area contributed by atoms with E-state index in [9.17, 15) is 9.59 Å². The molecule has 148 valence electrons. The fourth-order valence-electron chi connectivity index (χ4n) is 3.30. The van der Waals surface area contributed by atoms with Gasteiger partial charge in [0.15, 0.2) is 0 Å². The number of hydrogen-bond donors (Lipinski definition) is 0. The second kappa shape index (κ2) is 9.12. The van der Waals surface area contributed by atoms with Crippen LogP contribution < -0.4 is 9.96 Å². The molecule has 2 aliphatic heterocycles. The van der Waals surface area contributed by atoms with Crippen molar-refractivity contribution in [3.8, 4) is 0 Å². The molecule has 2 heterocycles. The summed E-state index contributed by atoms with van der Waals surface area (Å²) in [5.74, 6) is 0.0395. The maximum atomic E-state index is 11.9. The first-order valence-electron chi connectivity index (χ1n) is 9.24. The fraction of sp³-hybridized carbons (Fsp3) is 0.174. The van der Waals surface area contributed by atoms with Crippen LogP contribution in [-0.2, 0) is 19.2 Å². The first-order valence-corrected chi connectivity index (χ1v) is 9.24. The van der Waals surface area contributed by atoms with Crippen molar-refractivity contribution in [2.24, 2.45) is 0 Å². The van der Waals surface area contributed by atoms with Crippen molar-refractivity contribution in [2.75, 3.05) is 23.1 Å². The van der Waals surface area contributed by atoms with Gasteiger partial charge in [0.05, 0.1) is 12.3 Å². The molecule has 0 aromatic heterocycles. The minimum Gasteiger partial charge on any atom is -0.307 e. The molecule has 1 atom stereocenters. The third-order valence-corrected chi connectivity index (χ3v) is 4.91. The molecule has 0 saturated heterocycles. The van der Waals surface area contributed by atoms with Gasteiger partial charge in [-0.1, -0.05) is 43.3 Å². The number of carbonyl (C=O) groups excluding carboxylic acids is 3. The summed E-state index contributed by atoms with van der Waals surface area (Å²) in [6.45, 7) is 5.16. The van der Waals surface area contributed by atoms with E-state index in [1.165, 1.54) is 16.7 Å². The van der Waals surface area contributed by atoms with Crippen LogP contribution in [0.1, 0.15) is 24.0 Å². The zero-order valence-corrected chi connectivity index (χ0v) is 16.2. The van der Waals surface area contributed by atoms with Gasteiger partial charge in [-0.2, -0.15) is 5.06 Å². The lowest BCUT2D eigenvalue weighted by molar-refractivity contribution is -0.121. The first-order chi connectivity index (χ1) is 14.1. The molecule has 1 unspecified atom stereocenters. The Balaban J connectivity index is 0.00000117. The van der Waals surface area contributed by atoms with Crippen molar-refractivity contribution in [1.82, 2.24) is 0 Å². The van der Waals surface area contributed by atoms with Crippen LogP contribution in [0.5, 0.6) is 0 Å². The summed E-state index contributed by atoms with van der Waals surface area (Å²) in [7, 11) is 0. The molecule has 2 amide bonds. The zero-order chi connectivity index (χ0) is 20.8. The fourth-order valence-corrected chi connectivity index (χ4v) is 3.30. The van der Waals surface area contributed by atoms with Gasteiger partial charge in [0.25, 0.3) is 11.8 Å². The van der Waals surface area contributed by atoms with E-state index in [-0.39, 0.29) is 17.7 Å². The van der Waals surface area contributed by atoms with Crippen molar-refractivity contribution in [1.29, 1.82) is 0 Å². The third kappa shape index (κ3) is 4.33. The largest absolute Gasteiger partial charge is 0.307 e. The predicted octanol–water partition coefficient (Wildman–Crippen LogP) is 3.39. The lowest BCUT2D eigenvalue weighted by Crippen LogP contribution is -2.32. The van der Waals surface area contributed by atoms with Crippen LogP contribution in [0.2, 0.25) is 0 Å². The van der Waals surface area contributed by atoms with E-state index in [1.807, 2.05) is 49.3 Å². The van der Waals surface area contributed by atoms with Crippen molar-refractivity contribution in [3.63, 3.8) is 0 Å². The van der Waals surface area contributed by atoms with Gasteiger partial charge < -0.3 is 9.69 Å². The van der Waals surface area contributed by atoms with E-state index in [0.717, 1.165) is 16.9 Å². The van der Waals surface area contributed by atoms with Gasteiger partial charge in [-0.25, -0.2) is 0 Å². The maximum Gasteiger partial charge on any atom is 0.274 e. The molecule has 6 nitrogen and oxygen atoms in total. The number of carbonyl (C=O) groups is 3. The quantitative estimate of drug-likeness (QED) is 0.803. The van der Waals surface area contributed by atoms with E-state index in [0.29, 0.717) is 13.2 Å². The molecule has 0 radical (unpaired) electrons. The Labute approximate surface area is 169 Å². The Bertz CT molecular complexity index is 932. The first kappa shape index (κ1) is 20.2. The topological polar surface area (TPSA) is 66.9 Å². The summed E-state index contributed by atoms with van der Waals surface area (Å²) >= 11 is 0. The van der Waals surface area contributed by atoms with Crippen LogP contribution in [0.3, 0.4) is 0 Å². The molecule has 2 aromatic carbocycles. The number of anilines is 2. The van der Waals surface area contributed by atoms with Gasteiger partial charge in [0, 0.05) is 30.3 Å². The van der Waals surface area contributed by atoms with E-state index >= 15 is 0 Å². The smallest absolute Gasteiger partial charge is 0.274 e. The van der Waals surface area contributed by atoms with Gasteiger partial charge in [-0.05, 0) is 35.4 Å². The Morgan fingerprint density at radius 3 is 1.90 bits per heavy atom. The zero-order valence-electron chi connectivity index (χ0n) is 16.2. The average Bonchev–Trinajstić information content (AvgIpc) is 3.21. The summed E-state index contributed by atoms with van der Waals surface area (Å²) in [6.07, 6.45) is 6.69. The maximum absolute atomic E-state index is 11.9. The molecule has 0 bridgehead atoms. The SMILES string of the molecule is C=O.CC(c1ccc(N2CC=CC2=O)cc1)c1ccc(N2OCC=CC2=O)cc1. The number of rotatable bonds is 4. The molecule has 4 rings (SSSR count). The predicted molar refractivity (Wildman–Crippen MR) is 112 cm³/mol. The second-order valence-electron chi connectivity index (χ2n) is 6.59. The normalized spacial score (nSPS) is 16.6. The lowest BCUT2D eigenvalue weighted by atomic mass is 9.93. The van der Waals surface area contributed by atoms with Crippen molar-refractivity contribution < 1.29 is 19.2 Å². The van der Waals surface area contributed by atoms with Gasteiger partial charge in [0.2, 0.25) is 0 Å². The molecular formula is C23H22N2O4. The molecule has 2 aromatic rings. The van der Waals surface area contributed by atoms with Gasteiger partial charge in [-0.3, -0.25) is 14.4 Å². The van der Waals surface area contributed by atoms with E-state index in [1.54, 1.807) is 17.1 Å². The highest BCUT2D eigenvalue weighted by Crippen LogP contribution is 2.29. The van der Waals surface area contributed by atoms with E-state index in [4.69, 9.17) is 9.63 Å². The highest BCUT2D eigenvalue weighted by molar-refractivity contribution is 6.04. The Morgan fingerprint density at radius 2 is 1.38 bits per heavy atom. The molecule has 0 N–H and O–H groups in total. The Hall–Kier alpha value is -3.51. The number of amides is 2. The van der Waals surface area contributed by atoms with Crippen molar-refractivity contribution >= 4 is 30.0 Å². The van der Waals surface area contributed by atoms with Crippen molar-refractivity contribution in [3.05, 3.63) is 84.0 Å². The number of benzene rings is 2. The molecule has 0 spiro atoms. The molecule has 0 aliphatic carbocycles. The standard InChI is InChI=1S/C22H20N2O3.CH2O/c1-16(17-6-10-19(11-7-17)23-14-2-4-21(23)25)18-8-12-20(13-9-18)24-22(26)5-3-15-27-24;1-2/h2-13,16H,14-15H2,1H3;1H2. The van der Waals surface area contributed by atoms with Gasteiger partial charge in [0.1, 0.15) is 6.79 Å². The van der Waals surface area contributed by atoms with Crippen LogP contribution in [0.25, 0.3) is 0 Å². The second-order valence-corrected chi connectivity index (χ2v) is 6.59. The summed E-state index contributed by atoms with van der Waals surface area (Å²) in [4.78, 5) is 38.8. The number of hydroxylamine groups is 1. The van der Waals surface area contributed by atoms with E-state index in [2.05, 4.69) is 19.1 Å². The van der Waals surface area contributed by atoms with Crippen LogP contribution in [0.15, 0.2) is 72.8 Å². The average molecular weight is 390 g/mol. The summed E-state index contributed by atoms with van der Waals surface area (Å²) in [5, 5.41) is 1.31. The van der Waals surface area contributed by atoms with Crippen LogP contribution in [-0.4, -0.2) is 31.8 Å². The van der Waals surface area contributed by atoms with Crippen LogP contribution in [0.4, 0.5) is 11.4 Å². The van der Waals surface area contributed by atoms with Gasteiger partial charge >= 0.3 is 0 Å². The minimum absolute atomic E-state index is 0.0238. The molecule has 0 saturated carbocycles. The number of nitrogens with zero attached hydrogens (tertiary/aromatic N) is 2. The third-order valence-electron chi connectivity index (χ3n) is 4.91. The Kier molecular flexibility index (Phi) is 6.36. The Morgan fingerprint density at radius 1 is 0.828 bits per heavy atom. The lowest BCUT2D eigenvalue weighted by Gasteiger charge is -2.23. The highest BCUT2D eigenvalue weighted by atomic mass is 16.7. The van der Waals surface area contributed by atoms with Crippen molar-refractivity contribution in [2.45, 2.75) is 12.8 Å². The summed E-state index contributed by atoms with van der Waals surface area (Å²) in [6, 6.07) is 15.9. The van der Waals surface area contributed by atoms with Gasteiger partial charge in [-0.15, -0.1) is 0 Å². The number of hydrogen-bond acceptors (Lipinski definition) is 4. The van der Waals surface area contributed by atoms with Crippen LogP contribution >= 0.6 is 0 Å². The minimum atomic E-state index is -0.177. The monoisotopic (exact) mass is 390 g/mol. The summed E-state index contributed by atoms with van der Waals surface area (Å²) in [5.41, 5.74) is 3.94.